The number of hydrogen-bond acceptors (Lipinski definition) is 4. The number of hydrogen-bond donors (Lipinski definition) is 2. The third-order valence-electron chi connectivity index (χ3n) is 5.85. The number of amides is 1. The molecule has 0 saturated carbocycles. The van der Waals surface area contributed by atoms with E-state index in [9.17, 15) is 14.4 Å². The van der Waals surface area contributed by atoms with Gasteiger partial charge in [0.25, 0.3) is 5.56 Å². The van der Waals surface area contributed by atoms with Crippen LogP contribution in [0.2, 0.25) is 0 Å². The Morgan fingerprint density at radius 3 is 2.67 bits per heavy atom. The number of para-hydroxylation sites is 1. The molecule has 1 atom stereocenters. The topological polar surface area (TPSA) is 87.2 Å². The SMILES string of the molecule is C[C@H](CNC(=O)CCn1c(=O)[nH]c(=O)c2ccccc21)N1CCc2ccccc2C1. The molecule has 0 radical (unpaired) electrons. The smallest absolute Gasteiger partial charge is 0.328 e. The maximum Gasteiger partial charge on any atom is 0.328 e. The first-order valence-electron chi connectivity index (χ1n) is 10.3. The number of aromatic amines is 1. The molecule has 2 heterocycles. The second-order valence-corrected chi connectivity index (χ2v) is 7.82. The van der Waals surface area contributed by atoms with Gasteiger partial charge in [-0.25, -0.2) is 4.79 Å². The van der Waals surface area contributed by atoms with Crippen molar-refractivity contribution in [3.05, 3.63) is 80.5 Å². The Labute approximate surface area is 174 Å². The van der Waals surface area contributed by atoms with Gasteiger partial charge in [-0.1, -0.05) is 36.4 Å². The summed E-state index contributed by atoms with van der Waals surface area (Å²) in [6, 6.07) is 15.6. The summed E-state index contributed by atoms with van der Waals surface area (Å²) in [5, 5.41) is 3.43. The minimum atomic E-state index is -0.494. The molecule has 7 nitrogen and oxygen atoms in total. The molecule has 3 aromatic rings. The van der Waals surface area contributed by atoms with E-state index in [2.05, 4.69) is 46.4 Å². The summed E-state index contributed by atoms with van der Waals surface area (Å²) >= 11 is 0. The summed E-state index contributed by atoms with van der Waals surface area (Å²) in [7, 11) is 0. The lowest BCUT2D eigenvalue weighted by atomic mass is 9.99. The van der Waals surface area contributed by atoms with E-state index >= 15 is 0 Å². The molecule has 1 aliphatic heterocycles. The first kappa shape index (κ1) is 20.1. The average Bonchev–Trinajstić information content (AvgIpc) is 2.77. The standard InChI is InChI=1S/C23H26N4O3/c1-16(26-12-10-17-6-2-3-7-18(17)15-26)14-24-21(28)11-13-27-20-9-5-4-8-19(20)22(29)25-23(27)30/h2-9,16H,10-15H2,1H3,(H,24,28)(H,25,29,30)/t16-/m1/s1. The Morgan fingerprint density at radius 1 is 1.10 bits per heavy atom. The molecular formula is C23H26N4O3. The molecule has 156 valence electrons. The Bertz CT molecular complexity index is 1180. The van der Waals surface area contributed by atoms with Crippen molar-refractivity contribution in [3.8, 4) is 0 Å². The highest BCUT2D eigenvalue weighted by Gasteiger charge is 2.20. The molecular weight excluding hydrogens is 380 g/mol. The number of aryl methyl sites for hydroxylation is 1. The maximum atomic E-state index is 12.4. The number of rotatable bonds is 6. The minimum absolute atomic E-state index is 0.110. The largest absolute Gasteiger partial charge is 0.354 e. The fourth-order valence-electron chi connectivity index (χ4n) is 4.05. The highest BCUT2D eigenvalue weighted by molar-refractivity contribution is 5.78. The average molecular weight is 406 g/mol. The van der Waals surface area contributed by atoms with Crippen LogP contribution in [0.5, 0.6) is 0 Å². The molecule has 0 aliphatic carbocycles. The highest BCUT2D eigenvalue weighted by Crippen LogP contribution is 2.20. The summed E-state index contributed by atoms with van der Waals surface area (Å²) in [6.45, 7) is 4.77. The summed E-state index contributed by atoms with van der Waals surface area (Å²) in [5.41, 5.74) is 2.40. The zero-order chi connectivity index (χ0) is 21.1. The third-order valence-corrected chi connectivity index (χ3v) is 5.85. The lowest BCUT2D eigenvalue weighted by molar-refractivity contribution is -0.121. The maximum absolute atomic E-state index is 12.4. The number of H-pyrrole nitrogens is 1. The molecule has 0 spiro atoms. The van der Waals surface area contributed by atoms with Crippen LogP contribution in [-0.2, 0) is 24.3 Å². The van der Waals surface area contributed by atoms with Crippen molar-refractivity contribution < 1.29 is 4.79 Å². The van der Waals surface area contributed by atoms with Crippen LogP contribution < -0.4 is 16.6 Å². The van der Waals surface area contributed by atoms with Gasteiger partial charge in [0.1, 0.15) is 0 Å². The first-order chi connectivity index (χ1) is 14.5. The molecule has 0 unspecified atom stereocenters. The van der Waals surface area contributed by atoms with E-state index in [-0.39, 0.29) is 24.9 Å². The van der Waals surface area contributed by atoms with Gasteiger partial charge in [-0.3, -0.25) is 24.0 Å². The number of nitrogens with zero attached hydrogens (tertiary/aromatic N) is 2. The summed E-state index contributed by atoms with van der Waals surface area (Å²) < 4.78 is 1.45. The fourth-order valence-corrected chi connectivity index (χ4v) is 4.05. The van der Waals surface area contributed by atoms with Gasteiger partial charge in [0.2, 0.25) is 5.91 Å². The highest BCUT2D eigenvalue weighted by atomic mass is 16.2. The van der Waals surface area contributed by atoms with Crippen LogP contribution in [0.15, 0.2) is 58.1 Å². The molecule has 4 rings (SSSR count). The monoisotopic (exact) mass is 406 g/mol. The Hall–Kier alpha value is -3.19. The summed E-state index contributed by atoms with van der Waals surface area (Å²) in [6.07, 6.45) is 1.20. The zero-order valence-corrected chi connectivity index (χ0v) is 17.1. The second kappa shape index (κ2) is 8.67. The van der Waals surface area contributed by atoms with Crippen molar-refractivity contribution in [2.24, 2.45) is 0 Å². The van der Waals surface area contributed by atoms with E-state index in [0.29, 0.717) is 17.4 Å². The van der Waals surface area contributed by atoms with Gasteiger partial charge in [-0.05, 0) is 36.6 Å². The van der Waals surface area contributed by atoms with E-state index in [1.807, 2.05) is 0 Å². The van der Waals surface area contributed by atoms with Crippen molar-refractivity contribution >= 4 is 16.8 Å². The molecule has 1 amide bonds. The van der Waals surface area contributed by atoms with E-state index in [1.165, 1.54) is 15.7 Å². The quantitative estimate of drug-likeness (QED) is 0.652. The number of carbonyl (C=O) groups excluding carboxylic acids is 1. The van der Waals surface area contributed by atoms with Gasteiger partial charge in [-0.15, -0.1) is 0 Å². The van der Waals surface area contributed by atoms with Gasteiger partial charge in [0, 0.05) is 38.6 Å². The van der Waals surface area contributed by atoms with Crippen LogP contribution >= 0.6 is 0 Å². The van der Waals surface area contributed by atoms with Gasteiger partial charge in [0.05, 0.1) is 10.9 Å². The summed E-state index contributed by atoms with van der Waals surface area (Å²) in [5.74, 6) is -0.110. The van der Waals surface area contributed by atoms with Crippen LogP contribution in [0.1, 0.15) is 24.5 Å². The van der Waals surface area contributed by atoms with Crippen LogP contribution in [-0.4, -0.2) is 39.5 Å². The fraction of sp³-hybridized carbons (Fsp3) is 0.348. The third kappa shape index (κ3) is 4.21. The predicted molar refractivity (Wildman–Crippen MR) is 116 cm³/mol. The lowest BCUT2D eigenvalue weighted by Crippen LogP contribution is -2.44. The molecule has 0 saturated heterocycles. The normalized spacial score (nSPS) is 15.0. The number of carbonyl (C=O) groups is 1. The van der Waals surface area contributed by atoms with Crippen LogP contribution in [0.3, 0.4) is 0 Å². The Balaban J connectivity index is 1.33. The molecule has 1 aromatic heterocycles. The van der Waals surface area contributed by atoms with Crippen molar-refractivity contribution in [1.82, 2.24) is 19.8 Å². The van der Waals surface area contributed by atoms with Gasteiger partial charge in [0.15, 0.2) is 0 Å². The van der Waals surface area contributed by atoms with Gasteiger partial charge in [-0.2, -0.15) is 0 Å². The molecule has 1 aliphatic rings. The van der Waals surface area contributed by atoms with E-state index < -0.39 is 11.2 Å². The number of fused-ring (bicyclic) bond motifs is 2. The number of aromatic nitrogens is 2. The Morgan fingerprint density at radius 2 is 1.83 bits per heavy atom. The van der Waals surface area contributed by atoms with Crippen LogP contribution in [0.4, 0.5) is 0 Å². The zero-order valence-electron chi connectivity index (χ0n) is 17.1. The van der Waals surface area contributed by atoms with Crippen molar-refractivity contribution in [2.75, 3.05) is 13.1 Å². The molecule has 0 fully saturated rings. The molecule has 0 bridgehead atoms. The summed E-state index contributed by atoms with van der Waals surface area (Å²) in [4.78, 5) is 41.2. The van der Waals surface area contributed by atoms with Crippen molar-refractivity contribution in [2.45, 2.75) is 38.9 Å². The Kier molecular flexibility index (Phi) is 5.81. The predicted octanol–water partition coefficient (Wildman–Crippen LogP) is 1.64. The van der Waals surface area contributed by atoms with Gasteiger partial charge < -0.3 is 5.32 Å². The molecule has 2 N–H and O–H groups in total. The first-order valence-corrected chi connectivity index (χ1v) is 10.3. The van der Waals surface area contributed by atoms with E-state index in [1.54, 1.807) is 24.3 Å². The number of nitrogens with one attached hydrogen (secondary N) is 2. The van der Waals surface area contributed by atoms with E-state index in [4.69, 9.17) is 0 Å². The second-order valence-electron chi connectivity index (χ2n) is 7.82. The molecule has 7 heteroatoms. The van der Waals surface area contributed by atoms with Crippen LogP contribution in [0, 0.1) is 0 Å². The van der Waals surface area contributed by atoms with Crippen LogP contribution in [0.25, 0.3) is 10.9 Å². The molecule has 2 aromatic carbocycles. The van der Waals surface area contributed by atoms with Crippen molar-refractivity contribution in [3.63, 3.8) is 0 Å². The lowest BCUT2D eigenvalue weighted by Gasteiger charge is -2.33. The molecule has 30 heavy (non-hydrogen) atoms. The van der Waals surface area contributed by atoms with Gasteiger partial charge >= 0.3 is 5.69 Å². The number of benzene rings is 2. The van der Waals surface area contributed by atoms with Crippen molar-refractivity contribution in [1.29, 1.82) is 0 Å². The van der Waals surface area contributed by atoms with E-state index in [0.717, 1.165) is 19.5 Å². The minimum Gasteiger partial charge on any atom is -0.354 e.